The molecule has 3 aromatic rings. The van der Waals surface area contributed by atoms with Crippen molar-refractivity contribution in [1.29, 1.82) is 0 Å². The average Bonchev–Trinajstić information content (AvgIpc) is 3.39. The minimum Gasteiger partial charge on any atom is -0.493 e. The molecule has 7 heteroatoms. The first kappa shape index (κ1) is 20.6. The summed E-state index contributed by atoms with van der Waals surface area (Å²) in [6, 6.07) is 10.9. The number of carbonyl (C=O) groups excluding carboxylic acids is 1. The largest absolute Gasteiger partial charge is 0.493 e. The van der Waals surface area contributed by atoms with Gasteiger partial charge in [0.05, 0.1) is 13.2 Å². The van der Waals surface area contributed by atoms with Gasteiger partial charge in [0.1, 0.15) is 12.2 Å². The summed E-state index contributed by atoms with van der Waals surface area (Å²) >= 11 is 6.05. The number of amides is 1. The molecule has 1 aliphatic rings. The lowest BCUT2D eigenvalue weighted by Crippen LogP contribution is -2.23. The summed E-state index contributed by atoms with van der Waals surface area (Å²) < 4.78 is 22.6. The zero-order valence-electron chi connectivity index (χ0n) is 17.0. The number of nitrogens with one attached hydrogen (secondary N) is 1. The van der Waals surface area contributed by atoms with E-state index in [1.807, 2.05) is 25.1 Å². The maximum absolute atomic E-state index is 12.7. The van der Waals surface area contributed by atoms with Gasteiger partial charge in [0.15, 0.2) is 17.3 Å². The van der Waals surface area contributed by atoms with Crippen molar-refractivity contribution in [2.24, 2.45) is 0 Å². The maximum atomic E-state index is 12.7. The molecule has 1 amide bonds. The summed E-state index contributed by atoms with van der Waals surface area (Å²) in [5.41, 5.74) is 2.29. The van der Waals surface area contributed by atoms with Gasteiger partial charge in [0.25, 0.3) is 5.91 Å². The first-order valence-electron chi connectivity index (χ1n) is 9.93. The van der Waals surface area contributed by atoms with Gasteiger partial charge in [-0.3, -0.25) is 4.79 Å². The molecule has 30 heavy (non-hydrogen) atoms. The molecular weight excluding hydrogens is 406 g/mol. The predicted octanol–water partition coefficient (Wildman–Crippen LogP) is 4.89. The van der Waals surface area contributed by atoms with Gasteiger partial charge in [0.2, 0.25) is 0 Å². The Morgan fingerprint density at radius 1 is 1.23 bits per heavy atom. The van der Waals surface area contributed by atoms with Crippen LogP contribution in [-0.4, -0.2) is 32.3 Å². The van der Waals surface area contributed by atoms with Crippen LogP contribution in [0.1, 0.15) is 34.5 Å². The number of carbonyl (C=O) groups is 1. The lowest BCUT2D eigenvalue weighted by atomic mass is 10.1. The topological polar surface area (TPSA) is 69.9 Å². The summed E-state index contributed by atoms with van der Waals surface area (Å²) in [4.78, 5) is 12.7. The minimum absolute atomic E-state index is 0.135. The second-order valence-corrected chi connectivity index (χ2v) is 7.75. The molecular formula is C23H24ClNO5. The van der Waals surface area contributed by atoms with Crippen molar-refractivity contribution < 1.29 is 23.4 Å². The van der Waals surface area contributed by atoms with Crippen molar-refractivity contribution in [3.05, 3.63) is 58.3 Å². The van der Waals surface area contributed by atoms with Crippen LogP contribution in [0.25, 0.3) is 11.0 Å². The molecule has 1 aliphatic heterocycles. The number of hydrogen-bond acceptors (Lipinski definition) is 5. The molecule has 1 unspecified atom stereocenters. The van der Waals surface area contributed by atoms with Gasteiger partial charge in [-0.2, -0.15) is 0 Å². The highest BCUT2D eigenvalue weighted by Crippen LogP contribution is 2.30. The third-order valence-electron chi connectivity index (χ3n) is 5.23. The molecule has 1 atom stereocenters. The van der Waals surface area contributed by atoms with Gasteiger partial charge >= 0.3 is 0 Å². The summed E-state index contributed by atoms with van der Waals surface area (Å²) in [7, 11) is 1.60. The number of halogens is 1. The van der Waals surface area contributed by atoms with Crippen molar-refractivity contribution in [1.82, 2.24) is 5.32 Å². The van der Waals surface area contributed by atoms with E-state index in [0.29, 0.717) is 35.3 Å². The van der Waals surface area contributed by atoms with E-state index in [0.717, 1.165) is 36.0 Å². The van der Waals surface area contributed by atoms with Crippen molar-refractivity contribution in [2.45, 2.75) is 32.4 Å². The van der Waals surface area contributed by atoms with E-state index in [1.165, 1.54) is 0 Å². The number of methoxy groups -OCH3 is 1. The third-order valence-corrected chi connectivity index (χ3v) is 5.47. The van der Waals surface area contributed by atoms with Crippen molar-refractivity contribution in [2.75, 3.05) is 20.3 Å². The van der Waals surface area contributed by atoms with Crippen LogP contribution in [0.2, 0.25) is 5.02 Å². The number of ether oxygens (including phenoxy) is 3. The molecule has 0 aliphatic carbocycles. The number of benzene rings is 2. The Morgan fingerprint density at radius 3 is 2.87 bits per heavy atom. The highest BCUT2D eigenvalue weighted by Gasteiger charge is 2.19. The second kappa shape index (κ2) is 8.98. The molecule has 158 valence electrons. The SMILES string of the molecule is COc1cc(CNC(=O)c2oc3ccc(Cl)cc3c2C)ccc1OCC1CCCO1. The summed E-state index contributed by atoms with van der Waals surface area (Å²) in [6.07, 6.45) is 2.22. The quantitative estimate of drug-likeness (QED) is 0.579. The molecule has 2 aromatic carbocycles. The van der Waals surface area contributed by atoms with E-state index in [-0.39, 0.29) is 17.8 Å². The first-order chi connectivity index (χ1) is 14.5. The molecule has 1 saturated heterocycles. The van der Waals surface area contributed by atoms with Gasteiger partial charge in [-0.05, 0) is 55.7 Å². The van der Waals surface area contributed by atoms with E-state index < -0.39 is 0 Å². The Balaban J connectivity index is 1.41. The fourth-order valence-corrected chi connectivity index (χ4v) is 3.74. The van der Waals surface area contributed by atoms with E-state index in [4.69, 9.17) is 30.2 Å². The van der Waals surface area contributed by atoms with Crippen molar-refractivity contribution in [3.63, 3.8) is 0 Å². The van der Waals surface area contributed by atoms with Gasteiger partial charge in [0, 0.05) is 29.1 Å². The van der Waals surface area contributed by atoms with Crippen LogP contribution in [0.15, 0.2) is 40.8 Å². The van der Waals surface area contributed by atoms with Gasteiger partial charge in [-0.1, -0.05) is 17.7 Å². The Hall–Kier alpha value is -2.70. The molecule has 2 heterocycles. The Kier molecular flexibility index (Phi) is 6.16. The number of fused-ring (bicyclic) bond motifs is 1. The zero-order chi connectivity index (χ0) is 21.1. The van der Waals surface area contributed by atoms with Crippen LogP contribution < -0.4 is 14.8 Å². The third kappa shape index (κ3) is 4.40. The molecule has 0 radical (unpaired) electrons. The monoisotopic (exact) mass is 429 g/mol. The number of hydrogen-bond donors (Lipinski definition) is 1. The molecule has 1 fully saturated rings. The summed E-state index contributed by atoms with van der Waals surface area (Å²) in [5.74, 6) is 1.29. The Labute approximate surface area is 180 Å². The number of furan rings is 1. The maximum Gasteiger partial charge on any atom is 0.287 e. The fraction of sp³-hybridized carbons (Fsp3) is 0.348. The van der Waals surface area contributed by atoms with Crippen molar-refractivity contribution in [3.8, 4) is 11.5 Å². The molecule has 0 saturated carbocycles. The van der Waals surface area contributed by atoms with E-state index in [1.54, 1.807) is 25.3 Å². The summed E-state index contributed by atoms with van der Waals surface area (Å²) in [6.45, 7) is 3.47. The number of aryl methyl sites for hydroxylation is 1. The number of rotatable bonds is 7. The highest BCUT2D eigenvalue weighted by atomic mass is 35.5. The average molecular weight is 430 g/mol. The Bertz CT molecular complexity index is 1060. The van der Waals surface area contributed by atoms with E-state index in [2.05, 4.69) is 5.32 Å². The van der Waals surface area contributed by atoms with Gasteiger partial charge in [-0.25, -0.2) is 0 Å². The highest BCUT2D eigenvalue weighted by molar-refractivity contribution is 6.31. The lowest BCUT2D eigenvalue weighted by molar-refractivity contribution is 0.0669. The van der Waals surface area contributed by atoms with Gasteiger partial charge in [-0.15, -0.1) is 0 Å². The van der Waals surface area contributed by atoms with E-state index in [9.17, 15) is 4.79 Å². The molecule has 6 nitrogen and oxygen atoms in total. The molecule has 1 N–H and O–H groups in total. The molecule has 0 bridgehead atoms. The van der Waals surface area contributed by atoms with Crippen LogP contribution in [0.5, 0.6) is 11.5 Å². The van der Waals surface area contributed by atoms with Gasteiger partial charge < -0.3 is 23.9 Å². The Morgan fingerprint density at radius 2 is 2.10 bits per heavy atom. The molecule has 0 spiro atoms. The van der Waals surface area contributed by atoms with E-state index >= 15 is 0 Å². The molecule has 1 aromatic heterocycles. The summed E-state index contributed by atoms with van der Waals surface area (Å²) in [5, 5.41) is 4.34. The normalized spacial score (nSPS) is 16.0. The van der Waals surface area contributed by atoms with Crippen molar-refractivity contribution >= 4 is 28.5 Å². The molecule has 4 rings (SSSR count). The predicted molar refractivity (Wildman–Crippen MR) is 115 cm³/mol. The standard InChI is InChI=1S/C23H24ClNO5/c1-14-18-11-16(24)6-8-19(18)30-22(14)23(26)25-12-15-5-7-20(21(10-15)27-2)29-13-17-4-3-9-28-17/h5-8,10-11,17H,3-4,9,12-13H2,1-2H3,(H,25,26). The first-order valence-corrected chi connectivity index (χ1v) is 10.3. The van der Waals surface area contributed by atoms with Crippen LogP contribution >= 0.6 is 11.6 Å². The van der Waals surface area contributed by atoms with Crippen LogP contribution in [0, 0.1) is 6.92 Å². The van der Waals surface area contributed by atoms with Crippen LogP contribution in [-0.2, 0) is 11.3 Å². The van der Waals surface area contributed by atoms with Crippen LogP contribution in [0.3, 0.4) is 0 Å². The minimum atomic E-state index is -0.280. The zero-order valence-corrected chi connectivity index (χ0v) is 17.8. The van der Waals surface area contributed by atoms with Crippen LogP contribution in [0.4, 0.5) is 0 Å². The fourth-order valence-electron chi connectivity index (χ4n) is 3.57. The smallest absolute Gasteiger partial charge is 0.287 e. The second-order valence-electron chi connectivity index (χ2n) is 7.31. The lowest BCUT2D eigenvalue weighted by Gasteiger charge is -2.15.